The van der Waals surface area contributed by atoms with E-state index in [0.717, 1.165) is 25.3 Å². The molecule has 132 valence electrons. The smallest absolute Gasteiger partial charge is 0.159 e. The van der Waals surface area contributed by atoms with Crippen LogP contribution in [0, 0.1) is 0 Å². The molecule has 26 heavy (non-hydrogen) atoms. The maximum Gasteiger partial charge on any atom is 0.159 e. The lowest BCUT2D eigenvalue weighted by molar-refractivity contribution is 0.721. The highest BCUT2D eigenvalue weighted by molar-refractivity contribution is 6.43. The molecule has 4 rings (SSSR count). The zero-order valence-electron chi connectivity index (χ0n) is 13.9. The normalized spacial score (nSPS) is 13.4. The Bertz CT molecular complexity index is 960. The van der Waals surface area contributed by atoms with Gasteiger partial charge in [-0.15, -0.1) is 0 Å². The fourth-order valence-electron chi connectivity index (χ4n) is 3.14. The largest absolute Gasteiger partial charge is 0.393 e. The summed E-state index contributed by atoms with van der Waals surface area (Å²) < 4.78 is 0. The fourth-order valence-corrected chi connectivity index (χ4v) is 3.49. The van der Waals surface area contributed by atoms with Crippen LogP contribution in [0.2, 0.25) is 10.0 Å². The number of fused-ring (bicyclic) bond motifs is 1. The molecule has 1 aliphatic rings. The van der Waals surface area contributed by atoms with Crippen LogP contribution in [-0.2, 0) is 13.0 Å². The van der Waals surface area contributed by atoms with E-state index in [1.807, 2.05) is 12.1 Å². The molecule has 0 fully saturated rings. The summed E-state index contributed by atoms with van der Waals surface area (Å²) in [5.41, 5.74) is 10.2. The molecule has 5 nitrogen and oxygen atoms in total. The first-order chi connectivity index (χ1) is 12.6. The first-order valence-corrected chi connectivity index (χ1v) is 9.02. The van der Waals surface area contributed by atoms with Crippen LogP contribution in [0.4, 0.5) is 23.0 Å². The third kappa shape index (κ3) is 3.16. The van der Waals surface area contributed by atoms with Crippen molar-refractivity contribution in [2.24, 2.45) is 0 Å². The lowest BCUT2D eigenvalue weighted by atomic mass is 10.00. The maximum absolute atomic E-state index is 6.36. The molecule has 0 saturated heterocycles. The molecule has 3 aromatic rings. The van der Waals surface area contributed by atoms with Crippen molar-refractivity contribution in [3.8, 4) is 0 Å². The number of nitrogens with two attached hydrogens (primary N) is 1. The number of benzene rings is 2. The van der Waals surface area contributed by atoms with E-state index in [4.69, 9.17) is 28.9 Å². The SMILES string of the molecule is Nc1c(Nc2cccc(Cl)c2Cl)ncnc1N1CCc2ccccc2C1. The van der Waals surface area contributed by atoms with Gasteiger partial charge in [0.05, 0.1) is 15.7 Å². The number of nitrogens with zero attached hydrogens (tertiary/aromatic N) is 3. The number of anilines is 4. The van der Waals surface area contributed by atoms with Crippen molar-refractivity contribution in [2.45, 2.75) is 13.0 Å². The van der Waals surface area contributed by atoms with Crippen molar-refractivity contribution < 1.29 is 0 Å². The van der Waals surface area contributed by atoms with E-state index in [0.29, 0.717) is 27.2 Å². The van der Waals surface area contributed by atoms with Gasteiger partial charge in [-0.25, -0.2) is 9.97 Å². The Morgan fingerprint density at radius 3 is 2.65 bits per heavy atom. The average molecular weight is 386 g/mol. The molecule has 0 saturated carbocycles. The van der Waals surface area contributed by atoms with Gasteiger partial charge in [0.15, 0.2) is 11.6 Å². The molecule has 2 aromatic carbocycles. The van der Waals surface area contributed by atoms with Gasteiger partial charge in [0.2, 0.25) is 0 Å². The molecule has 0 aliphatic carbocycles. The third-order valence-corrected chi connectivity index (χ3v) is 5.32. The molecule has 7 heteroatoms. The molecule has 3 N–H and O–H groups in total. The van der Waals surface area contributed by atoms with E-state index < -0.39 is 0 Å². The third-order valence-electron chi connectivity index (χ3n) is 4.50. The predicted octanol–water partition coefficient (Wildman–Crippen LogP) is 4.67. The van der Waals surface area contributed by atoms with Gasteiger partial charge in [-0.3, -0.25) is 0 Å². The van der Waals surface area contributed by atoms with Gasteiger partial charge < -0.3 is 16.0 Å². The van der Waals surface area contributed by atoms with Crippen molar-refractivity contribution >= 4 is 46.2 Å². The highest BCUT2D eigenvalue weighted by Crippen LogP contribution is 2.35. The van der Waals surface area contributed by atoms with Crippen LogP contribution >= 0.6 is 23.2 Å². The van der Waals surface area contributed by atoms with Crippen molar-refractivity contribution in [2.75, 3.05) is 22.5 Å². The molecule has 0 atom stereocenters. The topological polar surface area (TPSA) is 67.1 Å². The minimum atomic E-state index is 0.431. The molecular formula is C19H17Cl2N5. The summed E-state index contributed by atoms with van der Waals surface area (Å²) in [6, 6.07) is 13.8. The van der Waals surface area contributed by atoms with Gasteiger partial charge >= 0.3 is 0 Å². The monoisotopic (exact) mass is 385 g/mol. The van der Waals surface area contributed by atoms with Crippen LogP contribution in [0.1, 0.15) is 11.1 Å². The predicted molar refractivity (Wildman–Crippen MR) is 107 cm³/mol. The lowest BCUT2D eigenvalue weighted by Gasteiger charge is -2.30. The van der Waals surface area contributed by atoms with Gasteiger partial charge in [-0.1, -0.05) is 53.5 Å². The van der Waals surface area contributed by atoms with Crippen LogP contribution in [0.15, 0.2) is 48.8 Å². The number of nitrogens with one attached hydrogen (secondary N) is 1. The van der Waals surface area contributed by atoms with Gasteiger partial charge in [-0.2, -0.15) is 0 Å². The Labute approximate surface area is 161 Å². The van der Waals surface area contributed by atoms with Gasteiger partial charge in [0.1, 0.15) is 12.0 Å². The van der Waals surface area contributed by atoms with Crippen LogP contribution in [0.5, 0.6) is 0 Å². The maximum atomic E-state index is 6.36. The second-order valence-corrected chi connectivity index (χ2v) is 6.91. The van der Waals surface area contributed by atoms with E-state index in [1.165, 1.54) is 17.5 Å². The van der Waals surface area contributed by atoms with Crippen LogP contribution in [0.3, 0.4) is 0 Å². The summed E-state index contributed by atoms with van der Waals surface area (Å²) in [4.78, 5) is 10.8. The first kappa shape index (κ1) is 16.9. The quantitative estimate of drug-likeness (QED) is 0.685. The van der Waals surface area contributed by atoms with Crippen molar-refractivity contribution in [1.29, 1.82) is 0 Å². The molecule has 0 bridgehead atoms. The van der Waals surface area contributed by atoms with Crippen molar-refractivity contribution in [3.63, 3.8) is 0 Å². The summed E-state index contributed by atoms with van der Waals surface area (Å²) in [7, 11) is 0. The zero-order valence-corrected chi connectivity index (χ0v) is 15.4. The molecule has 2 heterocycles. The lowest BCUT2D eigenvalue weighted by Crippen LogP contribution is -2.31. The molecule has 1 aliphatic heterocycles. The zero-order chi connectivity index (χ0) is 18.1. The van der Waals surface area contributed by atoms with Gasteiger partial charge in [0.25, 0.3) is 0 Å². The molecule has 0 spiro atoms. The Balaban J connectivity index is 1.63. The van der Waals surface area contributed by atoms with E-state index in [-0.39, 0.29) is 0 Å². The second-order valence-electron chi connectivity index (χ2n) is 6.13. The van der Waals surface area contributed by atoms with Crippen LogP contribution in [0.25, 0.3) is 0 Å². The summed E-state index contributed by atoms with van der Waals surface area (Å²) in [5, 5.41) is 4.06. The Hall–Kier alpha value is -2.50. The Morgan fingerprint density at radius 1 is 1.00 bits per heavy atom. The number of nitrogen functional groups attached to an aromatic ring is 1. The summed E-state index contributed by atoms with van der Waals surface area (Å²) in [6.07, 6.45) is 2.47. The first-order valence-electron chi connectivity index (χ1n) is 8.26. The van der Waals surface area contributed by atoms with E-state index in [1.54, 1.807) is 6.07 Å². The van der Waals surface area contributed by atoms with Crippen molar-refractivity contribution in [1.82, 2.24) is 9.97 Å². The fraction of sp³-hybridized carbons (Fsp3) is 0.158. The Morgan fingerprint density at radius 2 is 1.81 bits per heavy atom. The molecule has 1 aromatic heterocycles. The summed E-state index contributed by atoms with van der Waals surface area (Å²) in [5.74, 6) is 1.23. The minimum absolute atomic E-state index is 0.431. The minimum Gasteiger partial charge on any atom is -0.393 e. The second kappa shape index (κ2) is 7.02. The average Bonchev–Trinajstić information content (AvgIpc) is 2.66. The number of hydrogen-bond donors (Lipinski definition) is 2. The number of aromatic nitrogens is 2. The van der Waals surface area contributed by atoms with Crippen LogP contribution < -0.4 is 16.0 Å². The van der Waals surface area contributed by atoms with E-state index >= 15 is 0 Å². The summed E-state index contributed by atoms with van der Waals surface area (Å²) >= 11 is 12.3. The number of rotatable bonds is 3. The molecule has 0 radical (unpaired) electrons. The van der Waals surface area contributed by atoms with E-state index in [2.05, 4.69) is 44.5 Å². The molecule has 0 amide bonds. The highest BCUT2D eigenvalue weighted by atomic mass is 35.5. The van der Waals surface area contributed by atoms with Crippen molar-refractivity contribution in [3.05, 3.63) is 70.0 Å². The number of hydrogen-bond acceptors (Lipinski definition) is 5. The molecule has 0 unspecified atom stereocenters. The highest BCUT2D eigenvalue weighted by Gasteiger charge is 2.21. The standard InChI is InChI=1S/C19H17Cl2N5/c20-14-6-3-7-15(16(14)21)25-18-17(22)19(24-11-23-18)26-9-8-12-4-1-2-5-13(12)10-26/h1-7,11H,8-10,22H2,(H,23,24,25). The Kier molecular flexibility index (Phi) is 4.57. The number of halogens is 2. The van der Waals surface area contributed by atoms with Gasteiger partial charge in [0, 0.05) is 13.1 Å². The van der Waals surface area contributed by atoms with Crippen LogP contribution in [-0.4, -0.2) is 16.5 Å². The molecular weight excluding hydrogens is 369 g/mol. The van der Waals surface area contributed by atoms with E-state index in [9.17, 15) is 0 Å². The van der Waals surface area contributed by atoms with Gasteiger partial charge in [-0.05, 0) is 29.7 Å². The summed E-state index contributed by atoms with van der Waals surface area (Å²) in [6.45, 7) is 1.63.